The Morgan fingerprint density at radius 3 is 0.845 bits per heavy atom. The van der Waals surface area contributed by atoms with E-state index in [0.29, 0.717) is 213 Å². The van der Waals surface area contributed by atoms with Crippen molar-refractivity contribution in [2.45, 2.75) is 248 Å². The van der Waals surface area contributed by atoms with E-state index >= 15 is 0 Å². The third-order valence-electron chi connectivity index (χ3n) is 13.1. The minimum Gasteiger partial charge on any atom is -0.480 e. The molecule has 0 bridgehead atoms. The lowest BCUT2D eigenvalue weighted by Crippen LogP contribution is -2.29. The molecule has 0 saturated carbocycles. The summed E-state index contributed by atoms with van der Waals surface area (Å²) >= 11 is 0. The van der Waals surface area contributed by atoms with Gasteiger partial charge in [0, 0.05) is 67.9 Å². The van der Waals surface area contributed by atoms with Gasteiger partial charge in [-0.2, -0.15) is 0 Å². The maximum absolute atomic E-state index is 11.2. The Labute approximate surface area is 602 Å². The van der Waals surface area contributed by atoms with Crippen molar-refractivity contribution in [3.63, 3.8) is 0 Å². The number of carboxylic acid groups (broad SMARTS) is 6. The summed E-state index contributed by atoms with van der Waals surface area (Å²) < 4.78 is 29.5. The SMILES string of the molecule is C#CCCC(=O)OCCCC[C@H](N)C(=O)O.C#CCCCC(=O)OCCCC[C@H](N)C(=O)O.C=CCCC(=O)OCCCC[C@H](N)C(=O)O.C=CCCCC(=O)OCCCC[C@H](N)C(=O)O.[N-]=[N+]=NCCCC(=O)OCCCC[C@H](N)C(=O)O.[N-]=[N+]=NCCCCC(=O)OCCCC[C@H](N)C(=O)O. The van der Waals surface area contributed by atoms with Crippen molar-refractivity contribution in [2.75, 3.05) is 52.7 Å². The van der Waals surface area contributed by atoms with Gasteiger partial charge in [-0.25, -0.2) is 0 Å². The fourth-order valence-corrected chi connectivity index (χ4v) is 7.04. The molecule has 18 N–H and O–H groups in total. The molecule has 0 rings (SSSR count). The molecule has 0 aromatic heterocycles. The molecule has 36 heteroatoms. The van der Waals surface area contributed by atoms with Crippen LogP contribution >= 0.6 is 0 Å². The van der Waals surface area contributed by atoms with Gasteiger partial charge in [-0.15, -0.1) is 37.8 Å². The molecule has 0 aliphatic heterocycles. The Morgan fingerprint density at radius 2 is 0.583 bits per heavy atom. The number of terminal acetylenes is 2. The first-order valence-corrected chi connectivity index (χ1v) is 33.9. The topological polar surface area (TPSA) is 635 Å². The number of rotatable bonds is 57. The smallest absolute Gasteiger partial charge is 0.320 e. The Morgan fingerprint density at radius 1 is 0.340 bits per heavy atom. The van der Waals surface area contributed by atoms with Crippen molar-refractivity contribution in [3.8, 4) is 24.7 Å². The van der Waals surface area contributed by atoms with Crippen LogP contribution in [0.5, 0.6) is 0 Å². The van der Waals surface area contributed by atoms with E-state index in [9.17, 15) is 57.5 Å². The molecule has 0 aliphatic rings. The van der Waals surface area contributed by atoms with Gasteiger partial charge < -0.3 is 93.5 Å². The number of ether oxygens (including phenoxy) is 6. The van der Waals surface area contributed by atoms with Gasteiger partial charge in [-0.3, -0.25) is 57.5 Å². The zero-order valence-corrected chi connectivity index (χ0v) is 59.4. The number of allylic oxidation sites excluding steroid dienone is 2. The van der Waals surface area contributed by atoms with Crippen LogP contribution in [-0.2, 0) is 86.0 Å². The molecule has 0 unspecified atom stereocenters. The van der Waals surface area contributed by atoms with Crippen LogP contribution in [0.4, 0.5) is 0 Å². The fourth-order valence-electron chi connectivity index (χ4n) is 7.04. The second kappa shape index (κ2) is 78.3. The summed E-state index contributed by atoms with van der Waals surface area (Å²) in [6.07, 6.45) is 30.6. The van der Waals surface area contributed by atoms with E-state index in [4.69, 9.17) is 117 Å². The van der Waals surface area contributed by atoms with Gasteiger partial charge in [-0.1, -0.05) is 22.4 Å². The van der Waals surface area contributed by atoms with Crippen molar-refractivity contribution in [3.05, 3.63) is 46.2 Å². The highest BCUT2D eigenvalue weighted by Gasteiger charge is 2.16. The summed E-state index contributed by atoms with van der Waals surface area (Å²) in [7, 11) is 0. The number of nitrogens with two attached hydrogens (primary N) is 6. The van der Waals surface area contributed by atoms with Crippen LogP contribution in [0.2, 0.25) is 0 Å². The standard InChI is InChI=1S/C12H21NO4.C12H19NO4.C11H20N4O4.C11H19NO4.C11H17NO4.C10H18N4O4/c2*1-2-3-4-8-11(14)17-9-6-5-7-10(13)12(15)16;12-9(11(17)18)5-2-4-8-19-10(16)6-1-3-7-14-15-13;2*1-2-3-7-10(13)16-8-5-4-6-9(12)11(14)15;11-8(10(16)17)4-1-2-7-18-9(15)5-3-6-13-14-12/h2,10H,1,3-9,13H2,(H,15,16);1,10H,3-9,13H2,(H,15,16);9H,1-8,12H2,(H,17,18);2,9H,1,3-8,12H2,(H,14,15);1,9H,3-8,12H2,(H,14,15);8H,1-7,11H2,(H,16,17)/t2*10-;3*9-;8-/m000000/s1. The largest absolute Gasteiger partial charge is 0.480 e. The zero-order valence-electron chi connectivity index (χ0n) is 59.4. The van der Waals surface area contributed by atoms with E-state index in [1.165, 1.54) is 0 Å². The van der Waals surface area contributed by atoms with Crippen LogP contribution in [0.1, 0.15) is 212 Å². The van der Waals surface area contributed by atoms with Gasteiger partial charge in [-0.05, 0) is 172 Å². The Bertz CT molecular complexity index is 2580. The van der Waals surface area contributed by atoms with E-state index < -0.39 is 72.1 Å². The Balaban J connectivity index is -0.000000274. The molecule has 0 heterocycles. The average Bonchev–Trinajstić information content (AvgIpc) is 1.46. The number of carboxylic acids is 6. The summed E-state index contributed by atoms with van der Waals surface area (Å²) in [6.45, 7) is 9.51. The second-order valence-electron chi connectivity index (χ2n) is 22.2. The molecule has 103 heavy (non-hydrogen) atoms. The molecule has 586 valence electrons. The predicted molar refractivity (Wildman–Crippen MR) is 378 cm³/mol. The van der Waals surface area contributed by atoms with Crippen LogP contribution in [0.25, 0.3) is 20.9 Å². The molecule has 0 saturated heterocycles. The van der Waals surface area contributed by atoms with Gasteiger partial charge in [0.25, 0.3) is 0 Å². The number of esters is 6. The summed E-state index contributed by atoms with van der Waals surface area (Å²) in [5.41, 5.74) is 47.9. The Hall–Kier alpha value is -9.38. The van der Waals surface area contributed by atoms with Crippen LogP contribution in [-0.4, -0.2) is 191 Å². The van der Waals surface area contributed by atoms with Crippen molar-refractivity contribution >= 4 is 71.6 Å². The molecule has 0 amide bonds. The van der Waals surface area contributed by atoms with Crippen LogP contribution in [0.3, 0.4) is 0 Å². The van der Waals surface area contributed by atoms with E-state index in [2.05, 4.69) is 45.1 Å². The first-order chi connectivity index (χ1) is 48.9. The first kappa shape index (κ1) is 105. The van der Waals surface area contributed by atoms with E-state index in [-0.39, 0.29) is 75.0 Å². The number of azide groups is 2. The minimum absolute atomic E-state index is 0.214. The van der Waals surface area contributed by atoms with Crippen molar-refractivity contribution in [1.82, 2.24) is 0 Å². The monoisotopic (exact) mass is 1470 g/mol. The molecule has 0 aromatic carbocycles. The number of carbonyl (C=O) groups excluding carboxylic acids is 6. The maximum atomic E-state index is 11.2. The Kier molecular flexibility index (Phi) is 79.6. The van der Waals surface area contributed by atoms with Gasteiger partial charge in [0.15, 0.2) is 0 Å². The number of unbranched alkanes of at least 4 members (excludes halogenated alkanes) is 9. The summed E-state index contributed by atoms with van der Waals surface area (Å²) in [5, 5.41) is 57.8. The predicted octanol–water partition coefficient (Wildman–Crippen LogP) is 6.78. The zero-order chi connectivity index (χ0) is 79.3. The molecular weight excluding hydrogens is 1360 g/mol. The lowest BCUT2D eigenvalue weighted by atomic mass is 10.1. The number of hydrogen-bond donors (Lipinski definition) is 12. The normalized spacial score (nSPS) is 11.6. The molecular formula is C67H114N12O24. The second-order valence-corrected chi connectivity index (χ2v) is 22.2. The van der Waals surface area contributed by atoms with E-state index in [1.54, 1.807) is 12.2 Å². The molecule has 0 fully saturated rings. The average molecular weight is 1470 g/mol. The fraction of sp³-hybridized carbons (Fsp3) is 0.701. The van der Waals surface area contributed by atoms with Crippen LogP contribution in [0, 0.1) is 24.7 Å². The van der Waals surface area contributed by atoms with Gasteiger partial charge in [0.1, 0.15) is 36.3 Å². The van der Waals surface area contributed by atoms with Crippen LogP contribution < -0.4 is 34.4 Å². The molecule has 36 nitrogen and oxygen atoms in total. The van der Waals surface area contributed by atoms with Crippen molar-refractivity contribution < 1.29 is 117 Å². The van der Waals surface area contributed by atoms with E-state index in [1.807, 2.05) is 0 Å². The number of nitrogens with zero attached hydrogens (tertiary/aromatic N) is 6. The highest BCUT2D eigenvalue weighted by atomic mass is 16.6. The summed E-state index contributed by atoms with van der Waals surface area (Å²) in [6, 6.07) is -5.02. The lowest BCUT2D eigenvalue weighted by molar-refractivity contribution is -0.144. The van der Waals surface area contributed by atoms with Crippen LogP contribution in [0.15, 0.2) is 35.5 Å². The molecule has 0 spiro atoms. The van der Waals surface area contributed by atoms with Crippen molar-refractivity contribution in [1.29, 1.82) is 0 Å². The number of carbonyl (C=O) groups is 12. The highest BCUT2D eigenvalue weighted by Crippen LogP contribution is 2.08. The minimum atomic E-state index is -1.02. The summed E-state index contributed by atoms with van der Waals surface area (Å²) in [4.78, 5) is 134. The number of aliphatic carboxylic acids is 6. The molecule has 0 aromatic rings. The maximum Gasteiger partial charge on any atom is 0.320 e. The first-order valence-electron chi connectivity index (χ1n) is 33.9. The highest BCUT2D eigenvalue weighted by molar-refractivity contribution is 5.75. The van der Waals surface area contributed by atoms with Gasteiger partial charge in [0.2, 0.25) is 0 Å². The van der Waals surface area contributed by atoms with Crippen molar-refractivity contribution in [2.24, 2.45) is 44.6 Å². The third kappa shape index (κ3) is 86.8. The lowest BCUT2D eigenvalue weighted by Gasteiger charge is -2.06. The van der Waals surface area contributed by atoms with Gasteiger partial charge in [0.05, 0.1) is 46.1 Å². The number of hydrogen-bond acceptors (Lipinski definition) is 26. The van der Waals surface area contributed by atoms with Gasteiger partial charge >= 0.3 is 71.6 Å². The quantitative estimate of drug-likeness (QED) is 0.00436. The molecule has 0 radical (unpaired) electrons. The van der Waals surface area contributed by atoms with E-state index in [0.717, 1.165) is 12.8 Å². The molecule has 0 aliphatic carbocycles. The summed E-state index contributed by atoms with van der Waals surface area (Å²) in [5.74, 6) is -2.92. The molecule has 6 atom stereocenters. The third-order valence-corrected chi connectivity index (χ3v) is 13.1.